The van der Waals surface area contributed by atoms with Crippen LogP contribution in [0.3, 0.4) is 0 Å². The van der Waals surface area contributed by atoms with Crippen LogP contribution in [-0.2, 0) is 16.6 Å². The third-order valence-corrected chi connectivity index (χ3v) is 5.75. The molecule has 0 saturated carbocycles. The zero-order valence-electron chi connectivity index (χ0n) is 11.7. The Morgan fingerprint density at radius 1 is 1.45 bits per heavy atom. The lowest BCUT2D eigenvalue weighted by Gasteiger charge is -2.21. The fourth-order valence-electron chi connectivity index (χ4n) is 2.08. The highest BCUT2D eigenvalue weighted by atomic mass is 32.2. The van der Waals surface area contributed by atoms with Gasteiger partial charge in [-0.15, -0.1) is 0 Å². The summed E-state index contributed by atoms with van der Waals surface area (Å²) >= 11 is 1.88. The third kappa shape index (κ3) is 4.47. The summed E-state index contributed by atoms with van der Waals surface area (Å²) in [5.74, 6) is 2.05. The molecule has 0 spiro atoms. The van der Waals surface area contributed by atoms with Crippen LogP contribution in [0.15, 0.2) is 17.3 Å². The van der Waals surface area contributed by atoms with Crippen molar-refractivity contribution in [3.05, 3.63) is 12.4 Å². The standard InChI is InChI=1S/C12H22N4O2S2/c1-2-13-5-6-16-10-12(9-14-16)20(17,18)15-11-3-7-19-8-4-11/h9-11,13,15H,2-8H2,1H3. The molecule has 1 saturated heterocycles. The Morgan fingerprint density at radius 3 is 2.90 bits per heavy atom. The number of hydrogen-bond donors (Lipinski definition) is 2. The predicted octanol–water partition coefficient (Wildman–Crippen LogP) is 0.667. The Kier molecular flexibility index (Phi) is 5.88. The van der Waals surface area contributed by atoms with E-state index in [9.17, 15) is 8.42 Å². The number of aromatic nitrogens is 2. The van der Waals surface area contributed by atoms with Crippen LogP contribution in [0.5, 0.6) is 0 Å². The molecule has 0 aliphatic carbocycles. The Bertz CT molecular complexity index is 509. The van der Waals surface area contributed by atoms with Crippen molar-refractivity contribution in [2.45, 2.75) is 37.2 Å². The highest BCUT2D eigenvalue weighted by Crippen LogP contribution is 2.19. The van der Waals surface area contributed by atoms with Gasteiger partial charge in [0.1, 0.15) is 4.90 Å². The van der Waals surface area contributed by atoms with Crippen LogP contribution in [0, 0.1) is 0 Å². The second kappa shape index (κ2) is 7.44. The molecular formula is C12H22N4O2S2. The largest absolute Gasteiger partial charge is 0.315 e. The van der Waals surface area contributed by atoms with Gasteiger partial charge in [-0.1, -0.05) is 6.92 Å². The normalized spacial score (nSPS) is 17.4. The van der Waals surface area contributed by atoms with Crippen LogP contribution >= 0.6 is 11.8 Å². The number of sulfonamides is 1. The molecule has 0 unspecified atom stereocenters. The molecule has 1 aromatic rings. The maximum absolute atomic E-state index is 12.3. The monoisotopic (exact) mass is 318 g/mol. The minimum atomic E-state index is -3.43. The van der Waals surface area contributed by atoms with Crippen LogP contribution in [-0.4, -0.2) is 48.8 Å². The third-order valence-electron chi connectivity index (χ3n) is 3.23. The SMILES string of the molecule is CCNCCn1cc(S(=O)(=O)NC2CCSCC2)cn1. The minimum Gasteiger partial charge on any atom is -0.315 e. The Morgan fingerprint density at radius 2 is 2.20 bits per heavy atom. The van der Waals surface area contributed by atoms with Gasteiger partial charge in [0.15, 0.2) is 0 Å². The molecular weight excluding hydrogens is 296 g/mol. The second-order valence-electron chi connectivity index (χ2n) is 4.80. The van der Waals surface area contributed by atoms with Crippen LogP contribution in [0.25, 0.3) is 0 Å². The molecule has 8 heteroatoms. The van der Waals surface area contributed by atoms with E-state index in [0.717, 1.165) is 37.4 Å². The molecule has 6 nitrogen and oxygen atoms in total. The molecule has 114 valence electrons. The molecule has 2 heterocycles. The lowest BCUT2D eigenvalue weighted by molar-refractivity contribution is 0.528. The smallest absolute Gasteiger partial charge is 0.243 e. The van der Waals surface area contributed by atoms with Crippen molar-refractivity contribution in [3.63, 3.8) is 0 Å². The van der Waals surface area contributed by atoms with Gasteiger partial charge in [0.25, 0.3) is 0 Å². The summed E-state index contributed by atoms with van der Waals surface area (Å²) in [6.45, 7) is 4.38. The van der Waals surface area contributed by atoms with E-state index in [-0.39, 0.29) is 10.9 Å². The zero-order chi connectivity index (χ0) is 14.4. The summed E-state index contributed by atoms with van der Waals surface area (Å²) in [7, 11) is -3.43. The van der Waals surface area contributed by atoms with Crippen molar-refractivity contribution >= 4 is 21.8 Å². The van der Waals surface area contributed by atoms with Gasteiger partial charge in [0.05, 0.1) is 12.7 Å². The second-order valence-corrected chi connectivity index (χ2v) is 7.74. The molecule has 0 atom stereocenters. The number of hydrogen-bond acceptors (Lipinski definition) is 5. The molecule has 1 fully saturated rings. The minimum absolute atomic E-state index is 0.0614. The highest BCUT2D eigenvalue weighted by Gasteiger charge is 2.23. The average Bonchev–Trinajstić information content (AvgIpc) is 2.89. The molecule has 0 radical (unpaired) electrons. The Balaban J connectivity index is 1.94. The van der Waals surface area contributed by atoms with E-state index < -0.39 is 10.0 Å². The number of thioether (sulfide) groups is 1. The maximum atomic E-state index is 12.3. The molecule has 2 rings (SSSR count). The fourth-order valence-corrected chi connectivity index (χ4v) is 4.44. The highest BCUT2D eigenvalue weighted by molar-refractivity contribution is 7.99. The van der Waals surface area contributed by atoms with E-state index >= 15 is 0 Å². The Labute approximate surface area is 124 Å². The first-order valence-electron chi connectivity index (χ1n) is 6.95. The fraction of sp³-hybridized carbons (Fsp3) is 0.750. The molecule has 1 aliphatic heterocycles. The topological polar surface area (TPSA) is 76.0 Å². The van der Waals surface area contributed by atoms with Crippen LogP contribution in [0.1, 0.15) is 19.8 Å². The summed E-state index contributed by atoms with van der Waals surface area (Å²) in [5, 5.41) is 7.28. The van der Waals surface area contributed by atoms with Crippen LogP contribution in [0.2, 0.25) is 0 Å². The molecule has 2 N–H and O–H groups in total. The van der Waals surface area contributed by atoms with Gasteiger partial charge < -0.3 is 5.32 Å². The van der Waals surface area contributed by atoms with Crippen molar-refractivity contribution in [1.29, 1.82) is 0 Å². The number of likely N-dealkylation sites (N-methyl/N-ethyl adjacent to an activating group) is 1. The average molecular weight is 318 g/mol. The van der Waals surface area contributed by atoms with Crippen LogP contribution in [0.4, 0.5) is 0 Å². The Hall–Kier alpha value is -0.570. The number of rotatable bonds is 7. The number of nitrogens with zero attached hydrogens (tertiary/aromatic N) is 2. The van der Waals surface area contributed by atoms with Gasteiger partial charge in [-0.3, -0.25) is 4.68 Å². The van der Waals surface area contributed by atoms with Crippen molar-refractivity contribution < 1.29 is 8.42 Å². The van der Waals surface area contributed by atoms with Crippen molar-refractivity contribution in [3.8, 4) is 0 Å². The van der Waals surface area contributed by atoms with Gasteiger partial charge in [-0.2, -0.15) is 16.9 Å². The lowest BCUT2D eigenvalue weighted by atomic mass is 10.2. The van der Waals surface area contributed by atoms with Gasteiger partial charge in [0, 0.05) is 18.8 Å². The summed E-state index contributed by atoms with van der Waals surface area (Å²) < 4.78 is 29.0. The predicted molar refractivity (Wildman–Crippen MR) is 81.4 cm³/mol. The van der Waals surface area contributed by atoms with E-state index in [4.69, 9.17) is 0 Å². The van der Waals surface area contributed by atoms with E-state index in [1.807, 2.05) is 18.7 Å². The molecule has 0 amide bonds. The quantitative estimate of drug-likeness (QED) is 0.723. The molecule has 20 heavy (non-hydrogen) atoms. The summed E-state index contributed by atoms with van der Waals surface area (Å²) in [6.07, 6.45) is 4.82. The van der Waals surface area contributed by atoms with Gasteiger partial charge in [-0.05, 0) is 30.9 Å². The summed E-state index contributed by atoms with van der Waals surface area (Å²) in [4.78, 5) is 0.257. The van der Waals surface area contributed by atoms with E-state index in [1.165, 1.54) is 6.20 Å². The zero-order valence-corrected chi connectivity index (χ0v) is 13.3. The van der Waals surface area contributed by atoms with E-state index in [2.05, 4.69) is 15.1 Å². The molecule has 1 aliphatic rings. The van der Waals surface area contributed by atoms with Gasteiger partial charge in [-0.25, -0.2) is 13.1 Å². The van der Waals surface area contributed by atoms with Gasteiger partial charge >= 0.3 is 0 Å². The molecule has 0 aromatic carbocycles. The molecule has 0 bridgehead atoms. The van der Waals surface area contributed by atoms with Crippen molar-refractivity contribution in [2.75, 3.05) is 24.6 Å². The van der Waals surface area contributed by atoms with Crippen molar-refractivity contribution in [2.24, 2.45) is 0 Å². The van der Waals surface area contributed by atoms with Gasteiger partial charge in [0.2, 0.25) is 10.0 Å². The first-order chi connectivity index (χ1) is 9.62. The molecule has 1 aromatic heterocycles. The number of nitrogens with one attached hydrogen (secondary N) is 2. The van der Waals surface area contributed by atoms with E-state index in [1.54, 1.807) is 10.9 Å². The summed E-state index contributed by atoms with van der Waals surface area (Å²) in [5.41, 5.74) is 0. The first-order valence-corrected chi connectivity index (χ1v) is 9.59. The summed E-state index contributed by atoms with van der Waals surface area (Å²) in [6, 6.07) is 0.0614. The van der Waals surface area contributed by atoms with E-state index in [0.29, 0.717) is 6.54 Å². The van der Waals surface area contributed by atoms with Crippen molar-refractivity contribution in [1.82, 2.24) is 19.8 Å². The first kappa shape index (κ1) is 15.8. The lowest BCUT2D eigenvalue weighted by Crippen LogP contribution is -2.37. The maximum Gasteiger partial charge on any atom is 0.243 e. The van der Waals surface area contributed by atoms with Crippen LogP contribution < -0.4 is 10.0 Å².